The lowest BCUT2D eigenvalue weighted by molar-refractivity contribution is -0.122. The molecule has 0 bridgehead atoms. The Kier molecular flexibility index (Phi) is 8.67. The summed E-state index contributed by atoms with van der Waals surface area (Å²) < 4.78 is 0. The summed E-state index contributed by atoms with van der Waals surface area (Å²) in [6, 6.07) is 8.48. The van der Waals surface area contributed by atoms with Crippen LogP contribution in [0.1, 0.15) is 11.1 Å². The summed E-state index contributed by atoms with van der Waals surface area (Å²) in [4.78, 5) is 19.5. The lowest BCUT2D eigenvalue weighted by Gasteiger charge is -2.13. The Morgan fingerprint density at radius 3 is 2.65 bits per heavy atom. The number of H-pyrrole nitrogens is 1. The monoisotopic (exact) mass is 434 g/mol. The molecule has 4 N–H and O–H groups in total. The minimum atomic E-state index is -0.661. The lowest BCUT2D eigenvalue weighted by Crippen LogP contribution is -2.41. The van der Waals surface area contributed by atoms with Crippen LogP contribution in [-0.4, -0.2) is 21.9 Å². The number of rotatable bonds is 5. The van der Waals surface area contributed by atoms with Gasteiger partial charge in [-0.2, -0.15) is 0 Å². The van der Waals surface area contributed by atoms with Crippen molar-refractivity contribution < 1.29 is 4.79 Å². The zero-order valence-corrected chi connectivity index (χ0v) is 16.7. The number of carbonyl (C=O) groups excluding carboxylic acids is 1. The van der Waals surface area contributed by atoms with E-state index in [1.54, 1.807) is 18.3 Å². The number of halogens is 4. The Morgan fingerprint density at radius 2 is 1.92 bits per heavy atom. The molecule has 0 spiro atoms. The molecule has 0 unspecified atom stereocenters. The van der Waals surface area contributed by atoms with E-state index in [0.717, 1.165) is 22.2 Å². The highest BCUT2D eigenvalue weighted by atomic mass is 35.5. The van der Waals surface area contributed by atoms with Gasteiger partial charge >= 0.3 is 0 Å². The van der Waals surface area contributed by atoms with Crippen molar-refractivity contribution in [2.45, 2.75) is 19.0 Å². The number of amides is 1. The molecule has 0 radical (unpaired) electrons. The highest BCUT2D eigenvalue weighted by Gasteiger charge is 2.14. The second-order valence-corrected chi connectivity index (χ2v) is 6.35. The number of benzene rings is 1. The molecule has 26 heavy (non-hydrogen) atoms. The van der Waals surface area contributed by atoms with Crippen molar-refractivity contribution in [2.75, 3.05) is 0 Å². The third kappa shape index (κ3) is 5.50. The van der Waals surface area contributed by atoms with Crippen LogP contribution in [0.4, 0.5) is 0 Å². The first-order valence-electron chi connectivity index (χ1n) is 7.42. The number of aromatic amines is 1. The molecule has 1 atom stereocenters. The van der Waals surface area contributed by atoms with E-state index in [0.29, 0.717) is 23.0 Å². The normalized spacial score (nSPS) is 11.3. The summed E-state index contributed by atoms with van der Waals surface area (Å²) >= 11 is 11.9. The lowest BCUT2D eigenvalue weighted by atomic mass is 10.1. The van der Waals surface area contributed by atoms with Crippen molar-refractivity contribution in [1.82, 2.24) is 15.3 Å². The number of aromatic nitrogens is 2. The van der Waals surface area contributed by atoms with Crippen LogP contribution in [0.5, 0.6) is 0 Å². The number of carbonyl (C=O) groups is 1. The highest BCUT2D eigenvalue weighted by Crippen LogP contribution is 2.23. The van der Waals surface area contributed by atoms with E-state index in [1.165, 1.54) is 0 Å². The highest BCUT2D eigenvalue weighted by molar-refractivity contribution is 6.42. The summed E-state index contributed by atoms with van der Waals surface area (Å²) in [6.45, 7) is 0.377. The van der Waals surface area contributed by atoms with Gasteiger partial charge in [0.2, 0.25) is 5.91 Å². The Hall–Kier alpha value is -1.50. The maximum absolute atomic E-state index is 12.2. The van der Waals surface area contributed by atoms with Crippen LogP contribution in [0.3, 0.4) is 0 Å². The summed E-state index contributed by atoms with van der Waals surface area (Å²) in [5, 5.41) is 4.76. The first kappa shape index (κ1) is 22.5. The van der Waals surface area contributed by atoms with Crippen molar-refractivity contribution in [3.8, 4) is 0 Å². The predicted octanol–water partition coefficient (Wildman–Crippen LogP) is 3.90. The van der Waals surface area contributed by atoms with Crippen molar-refractivity contribution in [3.63, 3.8) is 0 Å². The van der Waals surface area contributed by atoms with Gasteiger partial charge < -0.3 is 16.0 Å². The largest absolute Gasteiger partial charge is 0.351 e. The molecule has 3 rings (SSSR count). The van der Waals surface area contributed by atoms with Gasteiger partial charge in [0.25, 0.3) is 0 Å². The standard InChI is InChI=1S/C17H16Cl2N4O.2ClH/c18-13-2-1-10(6-14(13)19)7-15(20)17(24)23-9-11-5-12-3-4-21-16(12)22-8-11;;/h1-6,8,15H,7,9,20H2,(H,21,22)(H,23,24);2*1H/t15-;;/m0../s1. The summed E-state index contributed by atoms with van der Waals surface area (Å²) in [5.74, 6) is -0.227. The van der Waals surface area contributed by atoms with Gasteiger partial charge in [0.05, 0.1) is 16.1 Å². The van der Waals surface area contributed by atoms with Gasteiger partial charge in [-0.3, -0.25) is 4.79 Å². The second-order valence-electron chi connectivity index (χ2n) is 5.54. The van der Waals surface area contributed by atoms with Crippen molar-refractivity contribution in [1.29, 1.82) is 0 Å². The number of fused-ring (bicyclic) bond motifs is 1. The third-order valence-corrected chi connectivity index (χ3v) is 4.44. The van der Waals surface area contributed by atoms with Crippen molar-refractivity contribution in [2.24, 2.45) is 5.73 Å². The molecule has 2 aromatic heterocycles. The van der Waals surface area contributed by atoms with E-state index < -0.39 is 6.04 Å². The predicted molar refractivity (Wildman–Crippen MR) is 111 cm³/mol. The summed E-state index contributed by atoms with van der Waals surface area (Å²) in [5.41, 5.74) is 8.56. The van der Waals surface area contributed by atoms with Gasteiger partial charge in [-0.15, -0.1) is 24.8 Å². The first-order valence-corrected chi connectivity index (χ1v) is 8.18. The number of pyridine rings is 1. The average Bonchev–Trinajstić information content (AvgIpc) is 3.03. The first-order chi connectivity index (χ1) is 11.5. The minimum Gasteiger partial charge on any atom is -0.351 e. The zero-order chi connectivity index (χ0) is 17.1. The van der Waals surface area contributed by atoms with Crippen LogP contribution in [-0.2, 0) is 17.8 Å². The van der Waals surface area contributed by atoms with Crippen molar-refractivity contribution >= 4 is 65.0 Å². The molecular formula is C17H18Cl4N4O. The molecule has 0 saturated heterocycles. The minimum absolute atomic E-state index is 0. The van der Waals surface area contributed by atoms with Gasteiger partial charge in [-0.1, -0.05) is 29.3 Å². The van der Waals surface area contributed by atoms with Gasteiger partial charge in [-0.05, 0) is 41.8 Å². The SMILES string of the molecule is Cl.Cl.N[C@@H](Cc1ccc(Cl)c(Cl)c1)C(=O)NCc1cnc2[nH]ccc2c1. The zero-order valence-electron chi connectivity index (χ0n) is 13.5. The number of nitrogens with two attached hydrogens (primary N) is 1. The number of hydrogen-bond donors (Lipinski definition) is 3. The van der Waals surface area contributed by atoms with Gasteiger partial charge in [0.1, 0.15) is 5.65 Å². The van der Waals surface area contributed by atoms with Gasteiger partial charge in [-0.25, -0.2) is 4.98 Å². The number of nitrogens with one attached hydrogen (secondary N) is 2. The quantitative estimate of drug-likeness (QED) is 0.568. The molecule has 1 aromatic carbocycles. The molecule has 9 heteroatoms. The second kappa shape index (κ2) is 10.00. The molecule has 3 aromatic rings. The van der Waals surface area contributed by atoms with Crippen LogP contribution in [0.2, 0.25) is 10.0 Å². The molecule has 5 nitrogen and oxygen atoms in total. The van der Waals surface area contributed by atoms with E-state index in [1.807, 2.05) is 24.4 Å². The van der Waals surface area contributed by atoms with E-state index in [-0.39, 0.29) is 30.7 Å². The van der Waals surface area contributed by atoms with Gasteiger partial charge in [0, 0.05) is 24.3 Å². The Morgan fingerprint density at radius 1 is 1.15 bits per heavy atom. The average molecular weight is 436 g/mol. The van der Waals surface area contributed by atoms with Crippen LogP contribution < -0.4 is 11.1 Å². The Labute approximate surface area is 173 Å². The molecule has 0 fully saturated rings. The van der Waals surface area contributed by atoms with Crippen LogP contribution >= 0.6 is 48.0 Å². The number of hydrogen-bond acceptors (Lipinski definition) is 3. The summed E-state index contributed by atoms with van der Waals surface area (Å²) in [7, 11) is 0. The fourth-order valence-electron chi connectivity index (χ4n) is 2.42. The van der Waals surface area contributed by atoms with E-state index in [2.05, 4.69) is 15.3 Å². The fraction of sp³-hybridized carbons (Fsp3) is 0.176. The Bertz CT molecular complexity index is 884. The summed E-state index contributed by atoms with van der Waals surface area (Å²) in [6.07, 6.45) is 3.94. The smallest absolute Gasteiger partial charge is 0.237 e. The molecule has 0 saturated carbocycles. The third-order valence-electron chi connectivity index (χ3n) is 3.70. The van der Waals surface area contributed by atoms with Crippen LogP contribution in [0, 0.1) is 0 Å². The molecular weight excluding hydrogens is 418 g/mol. The van der Waals surface area contributed by atoms with E-state index >= 15 is 0 Å². The molecule has 0 aliphatic carbocycles. The maximum atomic E-state index is 12.2. The molecule has 0 aliphatic rings. The van der Waals surface area contributed by atoms with Crippen LogP contribution in [0.25, 0.3) is 11.0 Å². The van der Waals surface area contributed by atoms with Crippen molar-refractivity contribution in [3.05, 3.63) is 63.9 Å². The van der Waals surface area contributed by atoms with Crippen LogP contribution in [0.15, 0.2) is 42.7 Å². The van der Waals surface area contributed by atoms with Gasteiger partial charge in [0.15, 0.2) is 0 Å². The topological polar surface area (TPSA) is 83.8 Å². The Balaban J connectivity index is 0.00000169. The maximum Gasteiger partial charge on any atom is 0.237 e. The van der Waals surface area contributed by atoms with E-state index in [9.17, 15) is 4.79 Å². The molecule has 0 aliphatic heterocycles. The molecule has 2 heterocycles. The molecule has 1 amide bonds. The number of nitrogens with zero attached hydrogens (tertiary/aromatic N) is 1. The van der Waals surface area contributed by atoms with E-state index in [4.69, 9.17) is 28.9 Å². The fourth-order valence-corrected chi connectivity index (χ4v) is 2.74. The molecule has 140 valence electrons.